The lowest BCUT2D eigenvalue weighted by atomic mass is 10.2. The first-order valence-corrected chi connectivity index (χ1v) is 5.86. The van der Waals surface area contributed by atoms with Gasteiger partial charge in [-0.15, -0.1) is 0 Å². The van der Waals surface area contributed by atoms with Crippen molar-refractivity contribution in [2.45, 2.75) is 13.8 Å². The first-order valence-electron chi connectivity index (χ1n) is 5.86. The lowest BCUT2D eigenvalue weighted by Gasteiger charge is -2.02. The molecule has 0 atom stereocenters. The minimum absolute atomic E-state index is 0.126. The summed E-state index contributed by atoms with van der Waals surface area (Å²) in [6.45, 7) is 6.86. The summed E-state index contributed by atoms with van der Waals surface area (Å²) in [6, 6.07) is 9.47. The van der Waals surface area contributed by atoms with Crippen LogP contribution in [0.4, 0.5) is 0 Å². The molecule has 3 nitrogen and oxygen atoms in total. The van der Waals surface area contributed by atoms with Crippen molar-refractivity contribution in [3.8, 4) is 0 Å². The Hall–Kier alpha value is -2.42. The van der Waals surface area contributed by atoms with Gasteiger partial charge in [-0.3, -0.25) is 0 Å². The predicted molar refractivity (Wildman–Crippen MR) is 75.1 cm³/mol. The largest absolute Gasteiger partial charge is 0.386 e. The Morgan fingerprint density at radius 1 is 1.16 bits per heavy atom. The van der Waals surface area contributed by atoms with Gasteiger partial charge in [0.2, 0.25) is 0 Å². The van der Waals surface area contributed by atoms with Crippen LogP contribution >= 0.6 is 0 Å². The highest BCUT2D eigenvalue weighted by atomic mass is 16.6. The molecule has 0 fully saturated rings. The number of allylic oxidation sites excluding steroid dienone is 1. The van der Waals surface area contributed by atoms with Gasteiger partial charge in [0, 0.05) is 5.57 Å². The van der Waals surface area contributed by atoms with Gasteiger partial charge in [0.25, 0.3) is 0 Å². The predicted octanol–water partition coefficient (Wildman–Crippen LogP) is 3.29. The number of hydrogen-bond donors (Lipinski definition) is 0. The third kappa shape index (κ3) is 4.76. The van der Waals surface area contributed by atoms with Gasteiger partial charge in [0.15, 0.2) is 0 Å². The van der Waals surface area contributed by atoms with Crippen molar-refractivity contribution >= 4 is 18.0 Å². The highest BCUT2D eigenvalue weighted by molar-refractivity contribution is 6.03. The molecule has 0 aliphatic carbocycles. The van der Waals surface area contributed by atoms with Gasteiger partial charge in [-0.1, -0.05) is 49.1 Å². The van der Waals surface area contributed by atoms with Gasteiger partial charge in [0.1, 0.15) is 0 Å². The SMILES string of the molecule is C=C(C=Cc1ccccc1)C(=O)OC(=O)C(C)=CC. The Labute approximate surface area is 112 Å². The molecule has 0 aromatic heterocycles. The quantitative estimate of drug-likeness (QED) is 0.359. The molecule has 0 unspecified atom stereocenters. The Morgan fingerprint density at radius 3 is 2.37 bits per heavy atom. The second-order valence-electron chi connectivity index (χ2n) is 3.92. The molecule has 0 radical (unpaired) electrons. The Balaban J connectivity index is 2.62. The van der Waals surface area contributed by atoms with Gasteiger partial charge in [0.05, 0.1) is 5.57 Å². The zero-order chi connectivity index (χ0) is 14.3. The van der Waals surface area contributed by atoms with Gasteiger partial charge in [-0.2, -0.15) is 0 Å². The average molecular weight is 256 g/mol. The molecule has 0 saturated heterocycles. The molecule has 98 valence electrons. The van der Waals surface area contributed by atoms with Crippen molar-refractivity contribution < 1.29 is 14.3 Å². The monoisotopic (exact) mass is 256 g/mol. The molecular formula is C16H16O3. The first-order chi connectivity index (χ1) is 9.04. The third-order valence-electron chi connectivity index (χ3n) is 2.48. The van der Waals surface area contributed by atoms with E-state index in [1.54, 1.807) is 26.0 Å². The summed E-state index contributed by atoms with van der Waals surface area (Å²) in [4.78, 5) is 23.0. The molecule has 1 aromatic carbocycles. The Bertz CT molecular complexity index is 536. The van der Waals surface area contributed by atoms with Crippen LogP contribution < -0.4 is 0 Å². The number of hydrogen-bond acceptors (Lipinski definition) is 3. The number of ether oxygens (including phenoxy) is 1. The number of esters is 2. The van der Waals surface area contributed by atoms with E-state index in [0.29, 0.717) is 5.57 Å². The molecule has 0 N–H and O–H groups in total. The minimum Gasteiger partial charge on any atom is -0.386 e. The standard InChI is InChI=1S/C16H16O3/c1-4-12(2)15(17)19-16(18)13(3)10-11-14-8-6-5-7-9-14/h4-11H,3H2,1-2H3. The minimum atomic E-state index is -0.738. The molecule has 1 rings (SSSR count). The van der Waals surface area contributed by atoms with Gasteiger partial charge in [-0.05, 0) is 25.5 Å². The molecule has 0 spiro atoms. The van der Waals surface area contributed by atoms with Crippen LogP contribution in [0.5, 0.6) is 0 Å². The molecule has 0 heterocycles. The molecule has 19 heavy (non-hydrogen) atoms. The summed E-state index contributed by atoms with van der Waals surface area (Å²) in [7, 11) is 0. The fourth-order valence-electron chi connectivity index (χ4n) is 1.18. The van der Waals surface area contributed by atoms with E-state index in [0.717, 1.165) is 5.56 Å². The molecule has 0 saturated carbocycles. The normalized spacial score (nSPS) is 11.4. The fraction of sp³-hybridized carbons (Fsp3) is 0.125. The van der Waals surface area contributed by atoms with Crippen LogP contribution in [0.25, 0.3) is 6.08 Å². The second kappa shape index (κ2) is 7.11. The number of rotatable bonds is 4. The van der Waals surface area contributed by atoms with E-state index < -0.39 is 11.9 Å². The zero-order valence-electron chi connectivity index (χ0n) is 11.1. The van der Waals surface area contributed by atoms with E-state index in [9.17, 15) is 9.59 Å². The number of carbonyl (C=O) groups is 2. The first kappa shape index (κ1) is 14.6. The lowest BCUT2D eigenvalue weighted by molar-refractivity contribution is -0.153. The Morgan fingerprint density at radius 2 is 1.79 bits per heavy atom. The van der Waals surface area contributed by atoms with E-state index in [1.165, 1.54) is 6.08 Å². The van der Waals surface area contributed by atoms with Crippen LogP contribution in [0.3, 0.4) is 0 Å². The van der Waals surface area contributed by atoms with Crippen LogP contribution in [0.2, 0.25) is 0 Å². The van der Waals surface area contributed by atoms with Crippen molar-refractivity contribution in [3.63, 3.8) is 0 Å². The van der Waals surface area contributed by atoms with Crippen molar-refractivity contribution in [2.75, 3.05) is 0 Å². The second-order valence-corrected chi connectivity index (χ2v) is 3.92. The van der Waals surface area contributed by atoms with E-state index in [1.807, 2.05) is 30.3 Å². The average Bonchev–Trinajstić information content (AvgIpc) is 2.44. The zero-order valence-corrected chi connectivity index (χ0v) is 11.1. The van der Waals surface area contributed by atoms with Gasteiger partial charge >= 0.3 is 11.9 Å². The maximum absolute atomic E-state index is 11.6. The summed E-state index contributed by atoms with van der Waals surface area (Å²) in [6.07, 6.45) is 4.84. The van der Waals surface area contributed by atoms with Crippen molar-refractivity contribution in [1.82, 2.24) is 0 Å². The molecule has 0 aliphatic rings. The van der Waals surface area contributed by atoms with Crippen molar-refractivity contribution in [2.24, 2.45) is 0 Å². The molecule has 0 aliphatic heterocycles. The van der Waals surface area contributed by atoms with Gasteiger partial charge < -0.3 is 4.74 Å². The highest BCUT2D eigenvalue weighted by Crippen LogP contribution is 2.06. The highest BCUT2D eigenvalue weighted by Gasteiger charge is 2.12. The van der Waals surface area contributed by atoms with E-state index in [2.05, 4.69) is 11.3 Å². The Kier molecular flexibility index (Phi) is 5.48. The van der Waals surface area contributed by atoms with Gasteiger partial charge in [-0.25, -0.2) is 9.59 Å². The summed E-state index contributed by atoms with van der Waals surface area (Å²) >= 11 is 0. The smallest absolute Gasteiger partial charge is 0.345 e. The molecular weight excluding hydrogens is 240 g/mol. The van der Waals surface area contributed by atoms with Crippen LogP contribution in [-0.2, 0) is 14.3 Å². The third-order valence-corrected chi connectivity index (χ3v) is 2.48. The number of benzene rings is 1. The molecule has 0 bridgehead atoms. The van der Waals surface area contributed by atoms with E-state index >= 15 is 0 Å². The fourth-order valence-corrected chi connectivity index (χ4v) is 1.18. The molecule has 3 heteroatoms. The summed E-state index contributed by atoms with van der Waals surface area (Å²) in [5.74, 6) is -1.39. The maximum Gasteiger partial charge on any atom is 0.345 e. The topological polar surface area (TPSA) is 43.4 Å². The van der Waals surface area contributed by atoms with Crippen LogP contribution in [0.1, 0.15) is 19.4 Å². The summed E-state index contributed by atoms with van der Waals surface area (Å²) in [5.41, 5.74) is 1.45. The number of carbonyl (C=O) groups excluding carboxylic acids is 2. The maximum atomic E-state index is 11.6. The van der Waals surface area contributed by atoms with Crippen LogP contribution in [-0.4, -0.2) is 11.9 Å². The summed E-state index contributed by atoms with van der Waals surface area (Å²) < 4.78 is 4.66. The van der Waals surface area contributed by atoms with Crippen LogP contribution in [0, 0.1) is 0 Å². The van der Waals surface area contributed by atoms with Crippen LogP contribution in [0.15, 0.2) is 60.2 Å². The summed E-state index contributed by atoms with van der Waals surface area (Å²) in [5, 5.41) is 0. The molecule has 0 amide bonds. The van der Waals surface area contributed by atoms with Crippen molar-refractivity contribution in [1.29, 1.82) is 0 Å². The van der Waals surface area contributed by atoms with E-state index in [-0.39, 0.29) is 5.57 Å². The molecule has 1 aromatic rings. The lowest BCUT2D eigenvalue weighted by Crippen LogP contribution is -2.13. The van der Waals surface area contributed by atoms with E-state index in [4.69, 9.17) is 0 Å². The van der Waals surface area contributed by atoms with Crippen molar-refractivity contribution in [3.05, 3.63) is 65.8 Å².